The molecule has 4 rings (SSSR count). The summed E-state index contributed by atoms with van der Waals surface area (Å²) in [6.45, 7) is 3.35. The Morgan fingerprint density at radius 3 is 2.64 bits per heavy atom. The van der Waals surface area contributed by atoms with E-state index in [9.17, 15) is 4.79 Å². The number of aromatic amines is 1. The van der Waals surface area contributed by atoms with Crippen molar-refractivity contribution in [2.45, 2.75) is 25.3 Å². The largest absolute Gasteiger partial charge is 0.361 e. The van der Waals surface area contributed by atoms with Gasteiger partial charge in [-0.25, -0.2) is 0 Å². The highest BCUT2D eigenvalue weighted by molar-refractivity contribution is 5.98. The van der Waals surface area contributed by atoms with Crippen LogP contribution in [0.1, 0.15) is 46.8 Å². The number of nitrogens with one attached hydrogen (secondary N) is 1. The predicted molar refractivity (Wildman–Crippen MR) is 101 cm³/mol. The van der Waals surface area contributed by atoms with Crippen LogP contribution in [0.4, 0.5) is 0 Å². The average molecular weight is 333 g/mol. The molecule has 4 nitrogen and oxygen atoms in total. The molecule has 0 bridgehead atoms. The second kappa shape index (κ2) is 6.37. The number of carbonyl (C=O) groups is 1. The van der Waals surface area contributed by atoms with Crippen molar-refractivity contribution in [1.82, 2.24) is 9.88 Å². The van der Waals surface area contributed by atoms with Crippen molar-refractivity contribution in [3.63, 3.8) is 0 Å². The first-order valence-corrected chi connectivity index (χ1v) is 8.92. The van der Waals surface area contributed by atoms with E-state index >= 15 is 0 Å². The lowest BCUT2D eigenvalue weighted by Crippen LogP contribution is -2.44. The molecule has 2 atom stereocenters. The molecule has 0 fully saturated rings. The molecule has 0 radical (unpaired) electrons. The van der Waals surface area contributed by atoms with Gasteiger partial charge in [0, 0.05) is 47.2 Å². The van der Waals surface area contributed by atoms with Crippen molar-refractivity contribution in [2.75, 3.05) is 13.1 Å². The lowest BCUT2D eigenvalue weighted by molar-refractivity contribution is 0.0613. The Morgan fingerprint density at radius 2 is 1.84 bits per heavy atom. The third kappa shape index (κ3) is 2.45. The van der Waals surface area contributed by atoms with Gasteiger partial charge in [-0.05, 0) is 24.1 Å². The number of carbonyl (C=O) groups excluding carboxylic acids is 1. The minimum Gasteiger partial charge on any atom is -0.361 e. The van der Waals surface area contributed by atoms with E-state index in [0.717, 1.165) is 35.2 Å². The number of H-pyrrole nitrogens is 1. The number of para-hydroxylation sites is 1. The van der Waals surface area contributed by atoms with Crippen LogP contribution >= 0.6 is 0 Å². The topological polar surface area (TPSA) is 62.1 Å². The van der Waals surface area contributed by atoms with Crippen LogP contribution in [-0.2, 0) is 0 Å². The highest BCUT2D eigenvalue weighted by atomic mass is 16.2. The quantitative estimate of drug-likeness (QED) is 0.762. The molecule has 0 saturated heterocycles. The van der Waals surface area contributed by atoms with E-state index in [4.69, 9.17) is 5.73 Å². The van der Waals surface area contributed by atoms with Crippen molar-refractivity contribution in [2.24, 2.45) is 5.73 Å². The second-order valence-electron chi connectivity index (χ2n) is 6.66. The molecule has 1 aliphatic rings. The standard InChI is InChI=1S/C21H23N3O/c1-2-11-24-20(18-13-23-19-10-6-5-8-15(18)19)17(12-22)14-7-3-4-9-16(14)21(24)25/h3-10,13,17,20,23H,2,11-12,22H2,1H3/t17-,20-/m1/s1. The van der Waals surface area contributed by atoms with Gasteiger partial charge < -0.3 is 15.6 Å². The molecule has 0 spiro atoms. The third-order valence-corrected chi connectivity index (χ3v) is 5.23. The van der Waals surface area contributed by atoms with Crippen LogP contribution in [-0.4, -0.2) is 28.9 Å². The summed E-state index contributed by atoms with van der Waals surface area (Å²) in [5, 5.41) is 1.17. The van der Waals surface area contributed by atoms with Crippen LogP contribution in [0.5, 0.6) is 0 Å². The van der Waals surface area contributed by atoms with Crippen molar-refractivity contribution in [3.8, 4) is 0 Å². The van der Waals surface area contributed by atoms with Crippen molar-refractivity contribution >= 4 is 16.8 Å². The Bertz CT molecular complexity index is 914. The molecule has 0 unspecified atom stereocenters. The number of aromatic nitrogens is 1. The monoisotopic (exact) mass is 333 g/mol. The molecule has 1 aromatic heterocycles. The lowest BCUT2D eigenvalue weighted by atomic mass is 9.79. The van der Waals surface area contributed by atoms with E-state index in [1.807, 2.05) is 41.4 Å². The zero-order valence-electron chi connectivity index (χ0n) is 14.4. The number of fused-ring (bicyclic) bond motifs is 2. The van der Waals surface area contributed by atoms with Crippen molar-refractivity contribution in [3.05, 3.63) is 71.4 Å². The van der Waals surface area contributed by atoms with Gasteiger partial charge in [-0.2, -0.15) is 0 Å². The Labute approximate surface area is 147 Å². The SMILES string of the molecule is CCCN1C(=O)c2ccccc2[C@@H](CN)[C@@H]1c1c[nH]c2ccccc12. The summed E-state index contributed by atoms with van der Waals surface area (Å²) in [5.41, 5.74) is 10.3. The fraction of sp³-hybridized carbons (Fsp3) is 0.286. The minimum absolute atomic E-state index is 0.0384. The highest BCUT2D eigenvalue weighted by Gasteiger charge is 2.40. The molecular formula is C21H23N3O. The van der Waals surface area contributed by atoms with Gasteiger partial charge in [0.25, 0.3) is 5.91 Å². The first kappa shape index (κ1) is 15.9. The Morgan fingerprint density at radius 1 is 1.08 bits per heavy atom. The van der Waals surface area contributed by atoms with Gasteiger partial charge in [0.1, 0.15) is 0 Å². The molecule has 0 aliphatic carbocycles. The molecule has 0 saturated carbocycles. The number of rotatable bonds is 4. The summed E-state index contributed by atoms with van der Waals surface area (Å²) < 4.78 is 0. The maximum Gasteiger partial charge on any atom is 0.254 e. The lowest BCUT2D eigenvalue weighted by Gasteiger charge is -2.42. The maximum atomic E-state index is 13.2. The van der Waals surface area contributed by atoms with Gasteiger partial charge in [0.15, 0.2) is 0 Å². The number of amides is 1. The number of nitrogens with zero attached hydrogens (tertiary/aromatic N) is 1. The Balaban J connectivity index is 1.93. The number of hydrogen-bond acceptors (Lipinski definition) is 2. The zero-order valence-corrected chi connectivity index (χ0v) is 14.4. The van der Waals surface area contributed by atoms with Crippen LogP contribution in [0.3, 0.4) is 0 Å². The van der Waals surface area contributed by atoms with E-state index in [0.29, 0.717) is 6.54 Å². The van der Waals surface area contributed by atoms with Crippen LogP contribution in [0, 0.1) is 0 Å². The molecule has 1 aliphatic heterocycles. The smallest absolute Gasteiger partial charge is 0.254 e. The summed E-state index contributed by atoms with van der Waals surface area (Å²) in [4.78, 5) is 18.5. The van der Waals surface area contributed by atoms with Gasteiger partial charge in [-0.15, -0.1) is 0 Å². The summed E-state index contributed by atoms with van der Waals surface area (Å²) in [5.74, 6) is 0.206. The average Bonchev–Trinajstić information content (AvgIpc) is 3.07. The van der Waals surface area contributed by atoms with E-state index in [1.165, 1.54) is 5.39 Å². The molecule has 1 amide bonds. The molecule has 4 heteroatoms. The van der Waals surface area contributed by atoms with Crippen LogP contribution in [0.15, 0.2) is 54.7 Å². The summed E-state index contributed by atoms with van der Waals surface area (Å²) in [6.07, 6.45) is 2.96. The van der Waals surface area contributed by atoms with Gasteiger partial charge in [0.05, 0.1) is 6.04 Å². The first-order chi connectivity index (χ1) is 12.3. The molecule has 2 aromatic carbocycles. The maximum absolute atomic E-state index is 13.2. The molecule has 3 N–H and O–H groups in total. The fourth-order valence-electron chi connectivity index (χ4n) is 4.14. The van der Waals surface area contributed by atoms with Crippen molar-refractivity contribution in [1.29, 1.82) is 0 Å². The Hall–Kier alpha value is -2.59. The second-order valence-corrected chi connectivity index (χ2v) is 6.66. The van der Waals surface area contributed by atoms with Crippen LogP contribution < -0.4 is 5.73 Å². The fourth-order valence-corrected chi connectivity index (χ4v) is 4.14. The summed E-state index contributed by atoms with van der Waals surface area (Å²) in [6, 6.07) is 16.1. The van der Waals surface area contributed by atoms with Gasteiger partial charge in [-0.1, -0.05) is 43.3 Å². The third-order valence-electron chi connectivity index (χ3n) is 5.23. The Kier molecular flexibility index (Phi) is 4.06. The van der Waals surface area contributed by atoms with Gasteiger partial charge >= 0.3 is 0 Å². The van der Waals surface area contributed by atoms with E-state index in [2.05, 4.69) is 30.1 Å². The van der Waals surface area contributed by atoms with Crippen LogP contribution in [0.25, 0.3) is 10.9 Å². The molecule has 25 heavy (non-hydrogen) atoms. The molecule has 128 valence electrons. The normalized spacial score (nSPS) is 20.1. The van der Waals surface area contributed by atoms with E-state index in [1.54, 1.807) is 0 Å². The number of hydrogen-bond donors (Lipinski definition) is 2. The van der Waals surface area contributed by atoms with Gasteiger partial charge in [0.2, 0.25) is 0 Å². The highest BCUT2D eigenvalue weighted by Crippen LogP contribution is 2.44. The number of benzene rings is 2. The van der Waals surface area contributed by atoms with Crippen molar-refractivity contribution < 1.29 is 4.79 Å². The van der Waals surface area contributed by atoms with Gasteiger partial charge in [-0.3, -0.25) is 4.79 Å². The number of nitrogens with two attached hydrogens (primary N) is 1. The van der Waals surface area contributed by atoms with Crippen LogP contribution in [0.2, 0.25) is 0 Å². The van der Waals surface area contributed by atoms with E-state index < -0.39 is 0 Å². The van der Waals surface area contributed by atoms with E-state index in [-0.39, 0.29) is 17.9 Å². The molecular weight excluding hydrogens is 310 g/mol. The zero-order chi connectivity index (χ0) is 17.4. The predicted octanol–water partition coefficient (Wildman–Crippen LogP) is 3.82. The summed E-state index contributed by atoms with van der Waals surface area (Å²) >= 11 is 0. The summed E-state index contributed by atoms with van der Waals surface area (Å²) in [7, 11) is 0. The first-order valence-electron chi connectivity index (χ1n) is 8.92. The molecule has 2 heterocycles. The minimum atomic E-state index is -0.0384. The molecule has 3 aromatic rings.